The fourth-order valence-corrected chi connectivity index (χ4v) is 3.29. The fraction of sp³-hybridized carbons (Fsp3) is 0.500. The number of unbranched alkanes of at least 4 members (excludes halogenated alkanes) is 3. The topological polar surface area (TPSA) is 84.5 Å². The van der Waals surface area contributed by atoms with Crippen LogP contribution < -0.4 is 10.9 Å². The van der Waals surface area contributed by atoms with E-state index < -0.39 is 0 Å². The highest BCUT2D eigenvalue weighted by molar-refractivity contribution is 5.27. The Balaban J connectivity index is 1.82. The Morgan fingerprint density at radius 3 is 1.46 bits per heavy atom. The Kier molecular flexibility index (Phi) is 7.06. The van der Waals surface area contributed by atoms with Crippen molar-refractivity contribution in [1.82, 2.24) is 9.13 Å². The summed E-state index contributed by atoms with van der Waals surface area (Å²) >= 11 is 0. The third kappa shape index (κ3) is 4.56. The number of aromatic hydroxyl groups is 2. The summed E-state index contributed by atoms with van der Waals surface area (Å²) in [5.41, 5.74) is 0.728. The second-order valence-corrected chi connectivity index (χ2v) is 6.46. The van der Waals surface area contributed by atoms with Crippen molar-refractivity contribution in [2.45, 2.75) is 65.5 Å². The molecule has 0 saturated carbocycles. The zero-order chi connectivity index (χ0) is 19.1. The van der Waals surface area contributed by atoms with Crippen LogP contribution in [-0.4, -0.2) is 19.3 Å². The van der Waals surface area contributed by atoms with Gasteiger partial charge < -0.3 is 19.3 Å². The molecular weight excluding hydrogens is 332 g/mol. The number of nitrogens with zero attached hydrogens (tertiary/aromatic N) is 2. The molecule has 0 unspecified atom stereocenters. The van der Waals surface area contributed by atoms with Gasteiger partial charge >= 0.3 is 0 Å². The summed E-state index contributed by atoms with van der Waals surface area (Å²) in [7, 11) is 0. The predicted octanol–water partition coefficient (Wildman–Crippen LogP) is 2.81. The van der Waals surface area contributed by atoms with Crippen LogP contribution in [0.15, 0.2) is 34.1 Å². The van der Waals surface area contributed by atoms with E-state index in [0.717, 1.165) is 38.8 Å². The quantitative estimate of drug-likeness (QED) is 0.674. The highest BCUT2D eigenvalue weighted by Crippen LogP contribution is 2.15. The SMILES string of the molecule is CCc1c(O)c(=O)ccn1CCCCCCn1ccc(=O)c(O)c1CC. The van der Waals surface area contributed by atoms with Gasteiger partial charge in [-0.2, -0.15) is 0 Å². The van der Waals surface area contributed by atoms with Crippen LogP contribution in [0.5, 0.6) is 11.5 Å². The minimum Gasteiger partial charge on any atom is -0.503 e. The maximum absolute atomic E-state index is 11.5. The smallest absolute Gasteiger partial charge is 0.223 e. The van der Waals surface area contributed by atoms with Crippen molar-refractivity contribution < 1.29 is 10.2 Å². The lowest BCUT2D eigenvalue weighted by Crippen LogP contribution is -2.13. The maximum atomic E-state index is 11.5. The average molecular weight is 360 g/mol. The van der Waals surface area contributed by atoms with E-state index in [0.29, 0.717) is 24.2 Å². The van der Waals surface area contributed by atoms with E-state index in [1.165, 1.54) is 12.1 Å². The Hall–Kier alpha value is -2.50. The van der Waals surface area contributed by atoms with Crippen molar-refractivity contribution in [3.63, 3.8) is 0 Å². The molecule has 0 amide bonds. The summed E-state index contributed by atoms with van der Waals surface area (Å²) in [4.78, 5) is 23.0. The van der Waals surface area contributed by atoms with Crippen molar-refractivity contribution in [2.24, 2.45) is 0 Å². The van der Waals surface area contributed by atoms with Gasteiger partial charge in [-0.25, -0.2) is 0 Å². The highest BCUT2D eigenvalue weighted by Gasteiger charge is 2.09. The number of pyridine rings is 2. The van der Waals surface area contributed by atoms with Gasteiger partial charge in [-0.1, -0.05) is 26.7 Å². The van der Waals surface area contributed by atoms with Crippen molar-refractivity contribution in [2.75, 3.05) is 0 Å². The molecular formula is C20H28N2O4. The van der Waals surface area contributed by atoms with Crippen molar-refractivity contribution in [3.05, 3.63) is 56.4 Å². The first kappa shape index (κ1) is 19.8. The Bertz CT molecular complexity index is 780. The molecule has 0 bridgehead atoms. The van der Waals surface area contributed by atoms with E-state index in [-0.39, 0.29) is 22.4 Å². The molecule has 0 aliphatic heterocycles. The van der Waals surface area contributed by atoms with Gasteiger partial charge in [0.15, 0.2) is 11.5 Å². The Morgan fingerprint density at radius 1 is 0.731 bits per heavy atom. The largest absolute Gasteiger partial charge is 0.503 e. The molecule has 26 heavy (non-hydrogen) atoms. The van der Waals surface area contributed by atoms with Crippen LogP contribution in [0.4, 0.5) is 0 Å². The molecule has 0 spiro atoms. The zero-order valence-electron chi connectivity index (χ0n) is 15.6. The first-order valence-corrected chi connectivity index (χ1v) is 9.32. The molecule has 6 nitrogen and oxygen atoms in total. The number of aryl methyl sites for hydroxylation is 2. The van der Waals surface area contributed by atoms with E-state index in [2.05, 4.69) is 0 Å². The standard InChI is InChI=1S/C20H28N2O4/c1-3-15-19(25)17(23)9-13-21(15)11-7-5-6-8-12-22-14-10-18(24)20(26)16(22)4-2/h9-10,13-14,25-26H,3-8,11-12H2,1-2H3. The summed E-state index contributed by atoms with van der Waals surface area (Å²) in [6, 6.07) is 2.81. The van der Waals surface area contributed by atoms with Gasteiger partial charge in [0, 0.05) is 37.6 Å². The number of hydrogen-bond donors (Lipinski definition) is 2. The lowest BCUT2D eigenvalue weighted by Gasteiger charge is -2.14. The number of rotatable bonds is 9. The molecule has 2 aromatic rings. The first-order valence-electron chi connectivity index (χ1n) is 9.32. The normalized spacial score (nSPS) is 11.0. The van der Waals surface area contributed by atoms with Crippen molar-refractivity contribution >= 4 is 0 Å². The Labute approximate surface area is 153 Å². The van der Waals surface area contributed by atoms with Crippen LogP contribution in [0.2, 0.25) is 0 Å². The molecule has 0 saturated heterocycles. The van der Waals surface area contributed by atoms with E-state index in [4.69, 9.17) is 0 Å². The maximum Gasteiger partial charge on any atom is 0.223 e. The van der Waals surface area contributed by atoms with E-state index in [1.54, 1.807) is 12.4 Å². The van der Waals surface area contributed by atoms with Crippen LogP contribution in [0, 0.1) is 0 Å². The van der Waals surface area contributed by atoms with Gasteiger partial charge in [-0.15, -0.1) is 0 Å². The zero-order valence-corrected chi connectivity index (χ0v) is 15.6. The first-order chi connectivity index (χ1) is 12.5. The van der Waals surface area contributed by atoms with Crippen LogP contribution in [0.25, 0.3) is 0 Å². The molecule has 2 N–H and O–H groups in total. The molecule has 2 heterocycles. The van der Waals surface area contributed by atoms with Gasteiger partial charge in [0.25, 0.3) is 0 Å². The lowest BCUT2D eigenvalue weighted by molar-refractivity contribution is 0.440. The predicted molar refractivity (Wildman–Crippen MR) is 102 cm³/mol. The molecule has 0 aromatic carbocycles. The minimum absolute atomic E-state index is 0.139. The second-order valence-electron chi connectivity index (χ2n) is 6.46. The summed E-state index contributed by atoms with van der Waals surface area (Å²) in [5, 5.41) is 19.7. The molecule has 6 heteroatoms. The highest BCUT2D eigenvalue weighted by atomic mass is 16.3. The minimum atomic E-state index is -0.325. The van der Waals surface area contributed by atoms with E-state index >= 15 is 0 Å². The molecule has 142 valence electrons. The third-order valence-corrected chi connectivity index (χ3v) is 4.74. The van der Waals surface area contributed by atoms with Crippen LogP contribution in [0.1, 0.15) is 50.9 Å². The molecule has 0 fully saturated rings. The summed E-state index contributed by atoms with van der Waals surface area (Å²) in [5.74, 6) is -0.278. The Morgan fingerprint density at radius 2 is 1.12 bits per heavy atom. The monoisotopic (exact) mass is 360 g/mol. The van der Waals surface area contributed by atoms with E-state index in [9.17, 15) is 19.8 Å². The number of hydrogen-bond acceptors (Lipinski definition) is 4. The van der Waals surface area contributed by atoms with Gasteiger partial charge in [0.1, 0.15) is 0 Å². The van der Waals surface area contributed by atoms with Gasteiger partial charge in [-0.05, 0) is 25.7 Å². The molecule has 2 rings (SSSR count). The van der Waals surface area contributed by atoms with E-state index in [1.807, 2.05) is 23.0 Å². The molecule has 0 atom stereocenters. The summed E-state index contributed by atoms with van der Waals surface area (Å²) in [6.45, 7) is 5.40. The summed E-state index contributed by atoms with van der Waals surface area (Å²) in [6.07, 6.45) is 8.73. The van der Waals surface area contributed by atoms with Crippen LogP contribution in [-0.2, 0) is 25.9 Å². The molecule has 0 aliphatic carbocycles. The third-order valence-electron chi connectivity index (χ3n) is 4.74. The van der Waals surface area contributed by atoms with Gasteiger partial charge in [0.05, 0.1) is 11.4 Å². The van der Waals surface area contributed by atoms with Gasteiger partial charge in [0.2, 0.25) is 10.9 Å². The van der Waals surface area contributed by atoms with Crippen molar-refractivity contribution in [1.29, 1.82) is 0 Å². The molecule has 0 aliphatic rings. The lowest BCUT2D eigenvalue weighted by atomic mass is 10.1. The van der Waals surface area contributed by atoms with Crippen molar-refractivity contribution in [3.8, 4) is 11.5 Å². The van der Waals surface area contributed by atoms with Crippen LogP contribution >= 0.6 is 0 Å². The van der Waals surface area contributed by atoms with Gasteiger partial charge in [-0.3, -0.25) is 9.59 Å². The molecule has 2 aromatic heterocycles. The second kappa shape index (κ2) is 9.27. The summed E-state index contributed by atoms with van der Waals surface area (Å²) < 4.78 is 3.90. The van der Waals surface area contributed by atoms with Crippen LogP contribution in [0.3, 0.4) is 0 Å². The average Bonchev–Trinajstić information content (AvgIpc) is 2.64. The fourth-order valence-electron chi connectivity index (χ4n) is 3.29. The number of aromatic nitrogens is 2. The molecule has 0 radical (unpaired) electrons.